The molecule has 5 heteroatoms. The number of hydrogen-bond acceptors (Lipinski definition) is 3. The van der Waals surface area contributed by atoms with Gasteiger partial charge in [0.25, 0.3) is 0 Å². The zero-order valence-electron chi connectivity index (χ0n) is 9.61. The van der Waals surface area contributed by atoms with E-state index in [1.807, 2.05) is 24.1 Å². The van der Waals surface area contributed by atoms with Gasteiger partial charge in [0, 0.05) is 17.5 Å². The Morgan fingerprint density at radius 3 is 2.62 bits per heavy atom. The second-order valence-electron chi connectivity index (χ2n) is 4.00. The van der Waals surface area contributed by atoms with E-state index in [4.69, 9.17) is 16.7 Å². The number of halogens is 1. The van der Waals surface area contributed by atoms with Crippen molar-refractivity contribution in [2.24, 2.45) is 5.92 Å². The molecule has 0 spiro atoms. The first-order valence-corrected chi connectivity index (χ1v) is 6.29. The fourth-order valence-corrected chi connectivity index (χ4v) is 2.62. The zero-order chi connectivity index (χ0) is 12.3. The number of carboxylic acid groups (broad SMARTS) is 1. The van der Waals surface area contributed by atoms with E-state index in [-0.39, 0.29) is 12.0 Å². The van der Waals surface area contributed by atoms with Crippen LogP contribution in [-0.4, -0.2) is 29.6 Å². The first-order chi connectivity index (χ1) is 7.41. The van der Waals surface area contributed by atoms with Crippen molar-refractivity contribution in [3.8, 4) is 0 Å². The summed E-state index contributed by atoms with van der Waals surface area (Å²) in [5.41, 5.74) is 0. The summed E-state index contributed by atoms with van der Waals surface area (Å²) in [6.07, 6.45) is 0. The van der Waals surface area contributed by atoms with Crippen molar-refractivity contribution in [2.75, 3.05) is 13.6 Å². The van der Waals surface area contributed by atoms with Gasteiger partial charge in [-0.25, -0.2) is 0 Å². The highest BCUT2D eigenvalue weighted by Gasteiger charge is 2.19. The van der Waals surface area contributed by atoms with Crippen LogP contribution >= 0.6 is 22.9 Å². The standard InChI is InChI=1S/C11H16ClNO2S/c1-7(11(14)15)6-13(3)8(2)9-4-5-10(12)16-9/h4-5,7-8H,6H2,1-3H3,(H,14,15). The fraction of sp³-hybridized carbons (Fsp3) is 0.545. The number of carboxylic acids is 1. The summed E-state index contributed by atoms with van der Waals surface area (Å²) in [6.45, 7) is 4.30. The minimum Gasteiger partial charge on any atom is -0.481 e. The summed E-state index contributed by atoms with van der Waals surface area (Å²) in [5, 5.41) is 8.84. The predicted octanol–water partition coefficient (Wildman–Crippen LogP) is 3.12. The van der Waals surface area contributed by atoms with Crippen LogP contribution in [0.5, 0.6) is 0 Å². The van der Waals surface area contributed by atoms with Crippen LogP contribution in [0.15, 0.2) is 12.1 Å². The van der Waals surface area contributed by atoms with Crippen LogP contribution < -0.4 is 0 Å². The Hall–Kier alpha value is -0.580. The summed E-state index contributed by atoms with van der Waals surface area (Å²) < 4.78 is 0.765. The first kappa shape index (κ1) is 13.5. The van der Waals surface area contributed by atoms with Crippen LogP contribution in [0.1, 0.15) is 24.8 Å². The molecule has 0 fully saturated rings. The van der Waals surface area contributed by atoms with Gasteiger partial charge in [-0.1, -0.05) is 18.5 Å². The Balaban J connectivity index is 2.60. The first-order valence-electron chi connectivity index (χ1n) is 5.10. The van der Waals surface area contributed by atoms with Gasteiger partial charge in [-0.2, -0.15) is 0 Å². The molecule has 1 aromatic heterocycles. The average Bonchev–Trinajstić information content (AvgIpc) is 2.63. The maximum Gasteiger partial charge on any atom is 0.307 e. The topological polar surface area (TPSA) is 40.5 Å². The quantitative estimate of drug-likeness (QED) is 0.885. The molecule has 1 aromatic rings. The molecular weight excluding hydrogens is 246 g/mol. The van der Waals surface area contributed by atoms with E-state index in [0.29, 0.717) is 6.54 Å². The van der Waals surface area contributed by atoms with Crippen LogP contribution in [-0.2, 0) is 4.79 Å². The minimum atomic E-state index is -0.761. The second kappa shape index (κ2) is 5.66. The third-order valence-corrected chi connectivity index (χ3v) is 4.05. The number of thiophene rings is 1. The summed E-state index contributed by atoms with van der Waals surface area (Å²) in [6, 6.07) is 4.05. The SMILES string of the molecule is CC(CN(C)C(C)c1ccc(Cl)s1)C(=O)O. The largest absolute Gasteiger partial charge is 0.481 e. The summed E-state index contributed by atoms with van der Waals surface area (Å²) in [7, 11) is 1.93. The molecule has 0 bridgehead atoms. The molecule has 0 aliphatic heterocycles. The van der Waals surface area contributed by atoms with Gasteiger partial charge >= 0.3 is 5.97 Å². The van der Waals surface area contributed by atoms with Gasteiger partial charge < -0.3 is 5.11 Å². The van der Waals surface area contributed by atoms with Crippen LogP contribution in [0, 0.1) is 5.92 Å². The second-order valence-corrected chi connectivity index (χ2v) is 5.74. The fourth-order valence-electron chi connectivity index (χ4n) is 1.44. The Kier molecular flexibility index (Phi) is 4.77. The van der Waals surface area contributed by atoms with E-state index in [0.717, 1.165) is 9.21 Å². The molecule has 2 atom stereocenters. The van der Waals surface area contributed by atoms with Crippen molar-refractivity contribution < 1.29 is 9.90 Å². The molecule has 0 amide bonds. The third-order valence-electron chi connectivity index (χ3n) is 2.65. The molecule has 3 nitrogen and oxygen atoms in total. The summed E-state index contributed by atoms with van der Waals surface area (Å²) in [4.78, 5) is 13.9. The van der Waals surface area contributed by atoms with E-state index >= 15 is 0 Å². The zero-order valence-corrected chi connectivity index (χ0v) is 11.2. The molecule has 0 saturated heterocycles. The maximum absolute atomic E-state index is 10.8. The average molecular weight is 262 g/mol. The van der Waals surface area contributed by atoms with Gasteiger partial charge in [0.2, 0.25) is 0 Å². The lowest BCUT2D eigenvalue weighted by molar-refractivity contribution is -0.141. The molecule has 2 unspecified atom stereocenters. The lowest BCUT2D eigenvalue weighted by Gasteiger charge is -2.25. The van der Waals surface area contributed by atoms with Crippen molar-refractivity contribution in [1.29, 1.82) is 0 Å². The molecule has 16 heavy (non-hydrogen) atoms. The molecule has 0 aliphatic rings. The highest BCUT2D eigenvalue weighted by atomic mass is 35.5. The number of carbonyl (C=O) groups is 1. The molecule has 0 saturated carbocycles. The summed E-state index contributed by atoms with van der Waals surface area (Å²) >= 11 is 7.41. The molecule has 90 valence electrons. The number of hydrogen-bond donors (Lipinski definition) is 1. The Labute approximate surface area is 105 Å². The van der Waals surface area contributed by atoms with Gasteiger partial charge in [0.15, 0.2) is 0 Å². The smallest absolute Gasteiger partial charge is 0.307 e. The van der Waals surface area contributed by atoms with Crippen LogP contribution in [0.25, 0.3) is 0 Å². The number of rotatable bonds is 5. The highest BCUT2D eigenvalue weighted by molar-refractivity contribution is 7.16. The normalized spacial score (nSPS) is 15.1. The van der Waals surface area contributed by atoms with Gasteiger partial charge in [-0.15, -0.1) is 11.3 Å². The van der Waals surface area contributed by atoms with Gasteiger partial charge in [0.1, 0.15) is 0 Å². The highest BCUT2D eigenvalue weighted by Crippen LogP contribution is 2.29. The van der Waals surface area contributed by atoms with Gasteiger partial charge in [-0.3, -0.25) is 9.69 Å². The molecule has 1 heterocycles. The van der Waals surface area contributed by atoms with Crippen LogP contribution in [0.3, 0.4) is 0 Å². The molecular formula is C11H16ClNO2S. The van der Waals surface area contributed by atoms with Crippen molar-refractivity contribution >= 4 is 28.9 Å². The van der Waals surface area contributed by atoms with E-state index in [1.54, 1.807) is 6.92 Å². The van der Waals surface area contributed by atoms with Crippen molar-refractivity contribution in [1.82, 2.24) is 4.90 Å². The minimum absolute atomic E-state index is 0.194. The number of aliphatic carboxylic acids is 1. The molecule has 1 rings (SSSR count). The van der Waals surface area contributed by atoms with Crippen molar-refractivity contribution in [2.45, 2.75) is 19.9 Å². The molecule has 0 aliphatic carbocycles. The molecule has 0 aromatic carbocycles. The third kappa shape index (κ3) is 3.47. The summed E-state index contributed by atoms with van der Waals surface area (Å²) in [5.74, 6) is -1.12. The van der Waals surface area contributed by atoms with E-state index in [9.17, 15) is 4.79 Å². The Morgan fingerprint density at radius 2 is 2.19 bits per heavy atom. The van der Waals surface area contributed by atoms with Gasteiger partial charge in [-0.05, 0) is 26.1 Å². The molecule has 0 radical (unpaired) electrons. The predicted molar refractivity (Wildman–Crippen MR) is 67.2 cm³/mol. The van der Waals surface area contributed by atoms with Crippen LogP contribution in [0.4, 0.5) is 0 Å². The van der Waals surface area contributed by atoms with Crippen molar-refractivity contribution in [3.63, 3.8) is 0 Å². The van der Waals surface area contributed by atoms with Gasteiger partial charge in [0.05, 0.1) is 10.3 Å². The van der Waals surface area contributed by atoms with E-state index in [1.165, 1.54) is 11.3 Å². The number of nitrogens with zero attached hydrogens (tertiary/aromatic N) is 1. The van der Waals surface area contributed by atoms with E-state index in [2.05, 4.69) is 6.92 Å². The van der Waals surface area contributed by atoms with Crippen LogP contribution in [0.2, 0.25) is 4.34 Å². The Morgan fingerprint density at radius 1 is 1.56 bits per heavy atom. The maximum atomic E-state index is 10.8. The van der Waals surface area contributed by atoms with E-state index < -0.39 is 5.97 Å². The lowest BCUT2D eigenvalue weighted by atomic mass is 10.1. The monoisotopic (exact) mass is 261 g/mol. The Bertz CT molecular complexity index is 367. The van der Waals surface area contributed by atoms with Crippen molar-refractivity contribution in [3.05, 3.63) is 21.3 Å². The molecule has 1 N–H and O–H groups in total. The lowest BCUT2D eigenvalue weighted by Crippen LogP contribution is -2.30.